The van der Waals surface area contributed by atoms with Crippen LogP contribution >= 0.6 is 11.6 Å². The summed E-state index contributed by atoms with van der Waals surface area (Å²) >= 11 is 6.34. The molecular weight excluding hydrogens is 384 g/mol. The number of halogens is 1. The number of fused-ring (bicyclic) bond motifs is 1. The molecule has 4 nitrogen and oxygen atoms in total. The topological polar surface area (TPSA) is 49.4 Å². The van der Waals surface area contributed by atoms with E-state index in [1.54, 1.807) is 11.0 Å². The molecule has 29 heavy (non-hydrogen) atoms. The minimum atomic E-state index is -0.626. The van der Waals surface area contributed by atoms with Crippen molar-refractivity contribution in [2.75, 3.05) is 0 Å². The molecule has 5 heteroatoms. The number of carbonyl (C=O) groups is 2. The van der Waals surface area contributed by atoms with Gasteiger partial charge in [-0.15, -0.1) is 0 Å². The molecule has 0 spiro atoms. The van der Waals surface area contributed by atoms with E-state index in [1.807, 2.05) is 42.5 Å². The van der Waals surface area contributed by atoms with Crippen LogP contribution in [0.25, 0.3) is 0 Å². The van der Waals surface area contributed by atoms with E-state index in [2.05, 4.69) is 19.2 Å². The van der Waals surface area contributed by atoms with Crippen LogP contribution in [0.15, 0.2) is 48.5 Å². The number of amides is 2. The van der Waals surface area contributed by atoms with Gasteiger partial charge in [0, 0.05) is 23.2 Å². The molecule has 0 saturated heterocycles. The van der Waals surface area contributed by atoms with Gasteiger partial charge in [0.15, 0.2) is 0 Å². The molecule has 1 heterocycles. The van der Waals surface area contributed by atoms with E-state index in [0.717, 1.165) is 24.0 Å². The summed E-state index contributed by atoms with van der Waals surface area (Å²) in [7, 11) is 0. The molecule has 1 aliphatic carbocycles. The first-order chi connectivity index (χ1) is 14.0. The van der Waals surface area contributed by atoms with Crippen molar-refractivity contribution < 1.29 is 9.59 Å². The van der Waals surface area contributed by atoms with E-state index in [0.29, 0.717) is 29.0 Å². The largest absolute Gasteiger partial charge is 0.351 e. The van der Waals surface area contributed by atoms with Crippen LogP contribution in [-0.2, 0) is 11.3 Å². The Bertz CT molecular complexity index is 929. The third kappa shape index (κ3) is 3.78. The molecular formula is C24H27ClN2O2. The van der Waals surface area contributed by atoms with Crippen LogP contribution in [-0.4, -0.2) is 22.8 Å². The molecule has 0 radical (unpaired) electrons. The number of nitrogens with zero attached hydrogens (tertiary/aromatic N) is 1. The van der Waals surface area contributed by atoms with Crippen molar-refractivity contribution >= 4 is 23.4 Å². The maximum Gasteiger partial charge on any atom is 0.255 e. The van der Waals surface area contributed by atoms with Crippen molar-refractivity contribution in [3.05, 3.63) is 70.2 Å². The minimum absolute atomic E-state index is 0.0960. The number of hydrogen-bond acceptors (Lipinski definition) is 2. The zero-order chi connectivity index (χ0) is 20.5. The standard InChI is InChI=1S/C24H27ClN2O2/c1-15-8-7-13-21(16(15)2)26-23(28)22-18-10-4-5-11-19(18)24(29)27(22)14-17-9-3-6-12-20(17)25/h3-6,9-12,15-16,21-22H,7-8,13-14H2,1-2H3,(H,26,28)/t15-,16+,21+,22-/m1/s1. The highest BCUT2D eigenvalue weighted by atomic mass is 35.5. The zero-order valence-corrected chi connectivity index (χ0v) is 17.7. The lowest BCUT2D eigenvalue weighted by atomic mass is 9.78. The number of hydrogen-bond donors (Lipinski definition) is 1. The Kier molecular flexibility index (Phi) is 5.64. The fraction of sp³-hybridized carbons (Fsp3) is 0.417. The van der Waals surface area contributed by atoms with Gasteiger partial charge in [0.25, 0.3) is 5.91 Å². The van der Waals surface area contributed by atoms with Crippen molar-refractivity contribution in [3.8, 4) is 0 Å². The van der Waals surface area contributed by atoms with Gasteiger partial charge < -0.3 is 10.2 Å². The van der Waals surface area contributed by atoms with Crippen molar-refractivity contribution in [1.82, 2.24) is 10.2 Å². The van der Waals surface area contributed by atoms with Crippen molar-refractivity contribution in [3.63, 3.8) is 0 Å². The Morgan fingerprint density at radius 2 is 1.83 bits per heavy atom. The van der Waals surface area contributed by atoms with E-state index < -0.39 is 6.04 Å². The second kappa shape index (κ2) is 8.19. The summed E-state index contributed by atoms with van der Waals surface area (Å²) in [4.78, 5) is 28.2. The van der Waals surface area contributed by atoms with Gasteiger partial charge in [-0.2, -0.15) is 0 Å². The fourth-order valence-electron chi connectivity index (χ4n) is 4.67. The molecule has 0 aromatic heterocycles. The number of rotatable bonds is 4. The lowest BCUT2D eigenvalue weighted by Gasteiger charge is -2.36. The van der Waals surface area contributed by atoms with Gasteiger partial charge in [0.1, 0.15) is 6.04 Å². The van der Waals surface area contributed by atoms with Crippen LogP contribution in [0.5, 0.6) is 0 Å². The Hall–Kier alpha value is -2.33. The third-order valence-electron chi connectivity index (χ3n) is 6.64. The van der Waals surface area contributed by atoms with E-state index >= 15 is 0 Å². The molecule has 2 aliphatic rings. The molecule has 2 amide bonds. The second-order valence-corrected chi connectivity index (χ2v) is 8.80. The predicted octanol–water partition coefficient (Wildman–Crippen LogP) is 4.98. The highest BCUT2D eigenvalue weighted by Gasteiger charge is 2.42. The fourth-order valence-corrected chi connectivity index (χ4v) is 4.87. The number of benzene rings is 2. The average Bonchev–Trinajstić information content (AvgIpc) is 2.99. The summed E-state index contributed by atoms with van der Waals surface area (Å²) in [5.41, 5.74) is 2.22. The quantitative estimate of drug-likeness (QED) is 0.772. The van der Waals surface area contributed by atoms with Crippen molar-refractivity contribution in [1.29, 1.82) is 0 Å². The molecule has 4 atom stereocenters. The average molecular weight is 411 g/mol. The van der Waals surface area contributed by atoms with Gasteiger partial charge in [-0.05, 0) is 41.5 Å². The molecule has 1 N–H and O–H groups in total. The Morgan fingerprint density at radius 1 is 1.10 bits per heavy atom. The zero-order valence-electron chi connectivity index (χ0n) is 16.9. The SMILES string of the molecule is C[C@H]1[C@H](C)CCC[C@@H]1NC(=O)[C@H]1c2ccccc2C(=O)N1Cc1ccccc1Cl. The molecule has 2 aromatic carbocycles. The normalized spacial score (nSPS) is 26.3. The lowest BCUT2D eigenvalue weighted by Crippen LogP contribution is -2.48. The van der Waals surface area contributed by atoms with Crippen LogP contribution < -0.4 is 5.32 Å². The Labute approximate surface area is 177 Å². The summed E-state index contributed by atoms with van der Waals surface area (Å²) in [6.07, 6.45) is 3.32. The summed E-state index contributed by atoms with van der Waals surface area (Å²) in [6, 6.07) is 14.4. The molecule has 4 rings (SSSR count). The van der Waals surface area contributed by atoms with Gasteiger partial charge in [0.2, 0.25) is 5.91 Å². The highest BCUT2D eigenvalue weighted by molar-refractivity contribution is 6.31. The third-order valence-corrected chi connectivity index (χ3v) is 7.01. The first-order valence-electron chi connectivity index (χ1n) is 10.4. The van der Waals surface area contributed by atoms with Crippen LogP contribution in [0.3, 0.4) is 0 Å². The Morgan fingerprint density at radius 3 is 2.62 bits per heavy atom. The van der Waals surface area contributed by atoms with Crippen LogP contribution in [0, 0.1) is 11.8 Å². The molecule has 0 unspecified atom stereocenters. The van der Waals surface area contributed by atoms with Gasteiger partial charge in [-0.25, -0.2) is 0 Å². The maximum absolute atomic E-state index is 13.4. The molecule has 1 saturated carbocycles. The summed E-state index contributed by atoms with van der Waals surface area (Å²) in [6.45, 7) is 4.77. The first kappa shape index (κ1) is 20.0. The van der Waals surface area contributed by atoms with Crippen molar-refractivity contribution in [2.45, 2.75) is 51.7 Å². The first-order valence-corrected chi connectivity index (χ1v) is 10.8. The summed E-state index contributed by atoms with van der Waals surface area (Å²) in [5, 5.41) is 3.87. The van der Waals surface area contributed by atoms with Crippen LogP contribution in [0.2, 0.25) is 5.02 Å². The lowest BCUT2D eigenvalue weighted by molar-refractivity contribution is -0.127. The Balaban J connectivity index is 1.63. The summed E-state index contributed by atoms with van der Waals surface area (Å²) in [5.74, 6) is 0.801. The van der Waals surface area contributed by atoms with Gasteiger partial charge >= 0.3 is 0 Å². The predicted molar refractivity (Wildman–Crippen MR) is 115 cm³/mol. The van der Waals surface area contributed by atoms with E-state index in [1.165, 1.54) is 6.42 Å². The highest BCUT2D eigenvalue weighted by Crippen LogP contribution is 2.37. The van der Waals surface area contributed by atoms with E-state index in [9.17, 15) is 9.59 Å². The molecule has 2 aromatic rings. The second-order valence-electron chi connectivity index (χ2n) is 8.40. The van der Waals surface area contributed by atoms with Gasteiger partial charge in [-0.1, -0.05) is 74.7 Å². The smallest absolute Gasteiger partial charge is 0.255 e. The molecule has 1 fully saturated rings. The molecule has 152 valence electrons. The van der Waals surface area contributed by atoms with E-state index in [-0.39, 0.29) is 17.9 Å². The molecule has 0 bridgehead atoms. The van der Waals surface area contributed by atoms with Crippen LogP contribution in [0.1, 0.15) is 60.6 Å². The summed E-state index contributed by atoms with van der Waals surface area (Å²) < 4.78 is 0. The van der Waals surface area contributed by atoms with Gasteiger partial charge in [0.05, 0.1) is 0 Å². The van der Waals surface area contributed by atoms with Gasteiger partial charge in [-0.3, -0.25) is 9.59 Å². The minimum Gasteiger partial charge on any atom is -0.351 e. The van der Waals surface area contributed by atoms with E-state index in [4.69, 9.17) is 11.6 Å². The van der Waals surface area contributed by atoms with Crippen LogP contribution in [0.4, 0.5) is 0 Å². The monoisotopic (exact) mass is 410 g/mol. The maximum atomic E-state index is 13.4. The number of nitrogens with one attached hydrogen (secondary N) is 1. The molecule has 1 aliphatic heterocycles. The van der Waals surface area contributed by atoms with Crippen molar-refractivity contribution in [2.24, 2.45) is 11.8 Å². The number of carbonyl (C=O) groups excluding carboxylic acids is 2.